The van der Waals surface area contributed by atoms with Crippen LogP contribution in [0.25, 0.3) is 0 Å². The predicted molar refractivity (Wildman–Crippen MR) is 197 cm³/mol. The van der Waals surface area contributed by atoms with Crippen LogP contribution in [0.1, 0.15) is 42.0 Å². The van der Waals surface area contributed by atoms with Crippen molar-refractivity contribution in [2.45, 2.75) is 57.5 Å². The number of ether oxygens (including phenoxy) is 2. The van der Waals surface area contributed by atoms with Crippen molar-refractivity contribution in [1.29, 1.82) is 0 Å². The number of benzene rings is 4. The number of unbranched alkanes of at least 4 members (excludes halogenated alkanes) is 1. The molecule has 0 heterocycles. The largest absolute Gasteiger partial charge is 0.493 e. The summed E-state index contributed by atoms with van der Waals surface area (Å²) in [6.45, 7) is 5.76. The van der Waals surface area contributed by atoms with Crippen molar-refractivity contribution in [2.24, 2.45) is 0 Å². The van der Waals surface area contributed by atoms with Crippen molar-refractivity contribution in [3.63, 3.8) is 0 Å². The maximum Gasteiger partial charge on any atom is 0.264 e. The van der Waals surface area contributed by atoms with Crippen LogP contribution >= 0.6 is 15.9 Å². The highest BCUT2D eigenvalue weighted by molar-refractivity contribution is 9.10. The Morgan fingerprint density at radius 1 is 0.837 bits per heavy atom. The van der Waals surface area contributed by atoms with E-state index < -0.39 is 28.5 Å². The molecule has 0 spiro atoms. The van der Waals surface area contributed by atoms with Crippen molar-refractivity contribution < 1.29 is 27.5 Å². The minimum atomic E-state index is -4.33. The number of methoxy groups -OCH3 is 2. The topological polar surface area (TPSA) is 105 Å². The molecule has 9 nitrogen and oxygen atoms in total. The lowest BCUT2D eigenvalue weighted by atomic mass is 10.0. The summed E-state index contributed by atoms with van der Waals surface area (Å²) in [5, 5.41) is 3.02. The van der Waals surface area contributed by atoms with Gasteiger partial charge in [0.15, 0.2) is 11.5 Å². The number of hydrogen-bond donors (Lipinski definition) is 1. The molecular weight excluding hydrogens is 706 g/mol. The van der Waals surface area contributed by atoms with Gasteiger partial charge in [0.05, 0.1) is 24.8 Å². The third-order valence-electron chi connectivity index (χ3n) is 8.06. The molecule has 0 aliphatic rings. The van der Waals surface area contributed by atoms with E-state index in [9.17, 15) is 18.0 Å². The van der Waals surface area contributed by atoms with Crippen LogP contribution in [0.3, 0.4) is 0 Å². The average Bonchev–Trinajstić information content (AvgIpc) is 3.08. The van der Waals surface area contributed by atoms with E-state index in [0.29, 0.717) is 18.0 Å². The van der Waals surface area contributed by atoms with Crippen LogP contribution in [0.2, 0.25) is 0 Å². The summed E-state index contributed by atoms with van der Waals surface area (Å²) in [7, 11) is -1.44. The van der Waals surface area contributed by atoms with Crippen molar-refractivity contribution in [1.82, 2.24) is 10.2 Å². The molecule has 4 rings (SSSR count). The fourth-order valence-corrected chi connectivity index (χ4v) is 7.48. The quantitative estimate of drug-likeness (QED) is 0.126. The number of rotatable bonds is 16. The molecule has 0 aliphatic carbocycles. The molecule has 0 aliphatic heterocycles. The lowest BCUT2D eigenvalue weighted by Crippen LogP contribution is -2.53. The average molecular weight is 751 g/mol. The molecule has 0 radical (unpaired) electrons. The summed E-state index contributed by atoms with van der Waals surface area (Å²) in [6.07, 6.45) is 1.92. The molecule has 49 heavy (non-hydrogen) atoms. The first-order valence-corrected chi connectivity index (χ1v) is 18.4. The van der Waals surface area contributed by atoms with E-state index in [-0.39, 0.29) is 29.5 Å². The van der Waals surface area contributed by atoms with Crippen molar-refractivity contribution in [3.05, 3.63) is 118 Å². The number of hydrogen-bond acceptors (Lipinski definition) is 6. The maximum absolute atomic E-state index is 14.7. The number of amides is 2. The highest BCUT2D eigenvalue weighted by Gasteiger charge is 2.35. The van der Waals surface area contributed by atoms with Gasteiger partial charge in [-0.05, 0) is 78.9 Å². The molecule has 0 fully saturated rings. The number of halogens is 1. The molecule has 0 saturated heterocycles. The van der Waals surface area contributed by atoms with Crippen molar-refractivity contribution in [3.8, 4) is 11.5 Å². The number of carbonyl (C=O) groups is 2. The van der Waals surface area contributed by atoms with Crippen LogP contribution in [0, 0.1) is 13.8 Å². The second kappa shape index (κ2) is 17.3. The Balaban J connectivity index is 1.84. The number of aryl methyl sites for hydroxylation is 2. The van der Waals surface area contributed by atoms with Crippen LogP contribution in [-0.2, 0) is 32.6 Å². The van der Waals surface area contributed by atoms with E-state index >= 15 is 0 Å². The Labute approximate surface area is 298 Å². The summed E-state index contributed by atoms with van der Waals surface area (Å²) in [6, 6.07) is 25.8. The molecule has 0 aromatic heterocycles. The highest BCUT2D eigenvalue weighted by atomic mass is 79.9. The molecule has 2 amide bonds. The molecular formula is C38H44BrN3O6S. The molecule has 0 saturated carbocycles. The molecule has 260 valence electrons. The van der Waals surface area contributed by atoms with Gasteiger partial charge in [-0.3, -0.25) is 13.9 Å². The third kappa shape index (κ3) is 9.86. The molecule has 4 aromatic carbocycles. The van der Waals surface area contributed by atoms with Crippen molar-refractivity contribution in [2.75, 3.05) is 31.6 Å². The number of nitrogens with one attached hydrogen (secondary N) is 1. The highest BCUT2D eigenvalue weighted by Crippen LogP contribution is 2.33. The zero-order valence-corrected chi connectivity index (χ0v) is 31.0. The van der Waals surface area contributed by atoms with Gasteiger partial charge in [-0.25, -0.2) is 8.42 Å². The van der Waals surface area contributed by atoms with Gasteiger partial charge >= 0.3 is 0 Å². The molecule has 1 atom stereocenters. The van der Waals surface area contributed by atoms with E-state index in [1.165, 1.54) is 37.3 Å². The summed E-state index contributed by atoms with van der Waals surface area (Å²) < 4.78 is 41.7. The van der Waals surface area contributed by atoms with E-state index in [1.807, 2.05) is 81.4 Å². The number of anilines is 1. The Bertz CT molecular complexity index is 1830. The lowest BCUT2D eigenvalue weighted by molar-refractivity contribution is -0.140. The van der Waals surface area contributed by atoms with Crippen molar-refractivity contribution >= 4 is 43.5 Å². The van der Waals surface area contributed by atoms with Crippen LogP contribution in [0.5, 0.6) is 11.5 Å². The summed E-state index contributed by atoms with van der Waals surface area (Å²) >= 11 is 3.52. The third-order valence-corrected chi connectivity index (χ3v) is 10.3. The van der Waals surface area contributed by atoms with Gasteiger partial charge in [0, 0.05) is 30.0 Å². The zero-order chi connectivity index (χ0) is 35.6. The summed E-state index contributed by atoms with van der Waals surface area (Å²) in [5.41, 5.74) is 3.64. The fourth-order valence-electron chi connectivity index (χ4n) is 5.62. The second-order valence-corrected chi connectivity index (χ2v) is 14.7. The second-order valence-electron chi connectivity index (χ2n) is 11.9. The van der Waals surface area contributed by atoms with Gasteiger partial charge in [-0.2, -0.15) is 0 Å². The Morgan fingerprint density at radius 3 is 2.14 bits per heavy atom. The first-order valence-electron chi connectivity index (χ1n) is 16.2. The van der Waals surface area contributed by atoms with Crippen LogP contribution < -0.4 is 19.1 Å². The normalized spacial score (nSPS) is 11.8. The molecule has 1 N–H and O–H groups in total. The first-order chi connectivity index (χ1) is 23.5. The standard InChI is InChI=1S/C38H44BrN3O6S/c1-6-7-18-40-38(44)34(23-29-12-9-8-10-13-29)41(25-30-14-11-15-31(39)22-30)37(43)26-42(32-20-27(2)19-28(3)21-32)49(45,46)33-16-17-35(47-4)36(24-33)48-5/h8-17,19-22,24,34H,6-7,18,23,25-26H2,1-5H3,(H,40,44)/t34-/m0/s1. The monoisotopic (exact) mass is 749 g/mol. The van der Waals surface area contributed by atoms with E-state index in [2.05, 4.69) is 21.2 Å². The van der Waals surface area contributed by atoms with Gasteiger partial charge in [-0.1, -0.05) is 77.8 Å². The Hall–Kier alpha value is -4.35. The number of sulfonamides is 1. The smallest absolute Gasteiger partial charge is 0.264 e. The van der Waals surface area contributed by atoms with Gasteiger partial charge in [0.1, 0.15) is 12.6 Å². The Morgan fingerprint density at radius 2 is 1.51 bits per heavy atom. The molecule has 11 heteroatoms. The van der Waals surface area contributed by atoms with Gasteiger partial charge in [0.25, 0.3) is 10.0 Å². The molecule has 4 aromatic rings. The number of nitrogens with zero attached hydrogens (tertiary/aromatic N) is 2. The predicted octanol–water partition coefficient (Wildman–Crippen LogP) is 6.83. The van der Waals surface area contributed by atoms with Gasteiger partial charge < -0.3 is 19.7 Å². The van der Waals surface area contributed by atoms with Crippen LogP contribution in [0.4, 0.5) is 5.69 Å². The summed E-state index contributed by atoms with van der Waals surface area (Å²) in [4.78, 5) is 30.1. The minimum Gasteiger partial charge on any atom is -0.493 e. The molecule has 0 unspecified atom stereocenters. The minimum absolute atomic E-state index is 0.0752. The fraction of sp³-hybridized carbons (Fsp3) is 0.316. The Kier molecular flexibility index (Phi) is 13.3. The first kappa shape index (κ1) is 37.5. The SMILES string of the molecule is CCCCNC(=O)[C@H](Cc1ccccc1)N(Cc1cccc(Br)c1)C(=O)CN(c1cc(C)cc(C)c1)S(=O)(=O)c1ccc(OC)c(OC)c1. The summed E-state index contributed by atoms with van der Waals surface area (Å²) in [5.74, 6) is -0.233. The van der Waals surface area contributed by atoms with E-state index in [1.54, 1.807) is 12.1 Å². The van der Waals surface area contributed by atoms with Crippen LogP contribution in [0.15, 0.2) is 100 Å². The van der Waals surface area contributed by atoms with E-state index in [0.717, 1.165) is 43.9 Å². The molecule has 0 bridgehead atoms. The van der Waals surface area contributed by atoms with Gasteiger partial charge in [0.2, 0.25) is 11.8 Å². The van der Waals surface area contributed by atoms with Crippen LogP contribution in [-0.4, -0.2) is 58.5 Å². The lowest BCUT2D eigenvalue weighted by Gasteiger charge is -2.34. The van der Waals surface area contributed by atoms with E-state index in [4.69, 9.17) is 9.47 Å². The van der Waals surface area contributed by atoms with Gasteiger partial charge in [-0.15, -0.1) is 0 Å². The maximum atomic E-state index is 14.7. The zero-order valence-electron chi connectivity index (χ0n) is 28.6. The number of carbonyl (C=O) groups excluding carboxylic acids is 2.